The van der Waals surface area contributed by atoms with Crippen LogP contribution < -0.4 is 0 Å². The zero-order chi connectivity index (χ0) is 45.0. The van der Waals surface area contributed by atoms with Gasteiger partial charge in [0.1, 0.15) is 12.2 Å². The summed E-state index contributed by atoms with van der Waals surface area (Å²) < 4.78 is 38.1. The first-order valence-corrected chi connectivity index (χ1v) is 28.3. The van der Waals surface area contributed by atoms with Crippen LogP contribution >= 0.6 is 0 Å². The molecule has 0 aliphatic heterocycles. The first kappa shape index (κ1) is 49.7. The normalized spacial score (nSPS) is 23.7. The van der Waals surface area contributed by atoms with E-state index in [9.17, 15) is 9.90 Å². The Morgan fingerprint density at radius 1 is 0.500 bits per heavy atom. The number of hydrogen-bond donors (Lipinski definition) is 1. The van der Waals surface area contributed by atoms with Gasteiger partial charge in [0.15, 0.2) is 22.4 Å². The zero-order valence-electron chi connectivity index (χ0n) is 39.1. The maximum Gasteiger partial charge on any atom is 0.192 e. The fourth-order valence-corrected chi connectivity index (χ4v) is 10.1. The number of rotatable bonds is 16. The number of aliphatic hydroxyl groups is 1. The van der Waals surface area contributed by atoms with Crippen molar-refractivity contribution in [2.45, 2.75) is 173 Å². The molecule has 7 unspecified atom stereocenters. The number of carbonyl (C=O) groups is 1. The Bertz CT molecular complexity index is 1900. The highest BCUT2D eigenvalue weighted by molar-refractivity contribution is 6.74. The van der Waals surface area contributed by atoms with Gasteiger partial charge >= 0.3 is 0 Å². The molecule has 0 radical (unpaired) electrons. The molecule has 0 amide bonds. The van der Waals surface area contributed by atoms with Gasteiger partial charge < -0.3 is 32.9 Å². The maximum absolute atomic E-state index is 13.1. The van der Waals surface area contributed by atoms with Crippen LogP contribution in [-0.2, 0) is 59.0 Å². The molecule has 2 fully saturated rings. The van der Waals surface area contributed by atoms with Crippen LogP contribution in [0.15, 0.2) is 121 Å². The van der Waals surface area contributed by atoms with E-state index in [0.29, 0.717) is 45.7 Å². The van der Waals surface area contributed by atoms with E-state index in [2.05, 4.69) is 79.9 Å². The van der Waals surface area contributed by atoms with Crippen molar-refractivity contribution in [2.24, 2.45) is 0 Å². The van der Waals surface area contributed by atoms with Crippen LogP contribution in [-0.4, -0.2) is 70.3 Å². The smallest absolute Gasteiger partial charge is 0.192 e. The molecule has 0 heterocycles. The molecule has 338 valence electrons. The summed E-state index contributed by atoms with van der Waals surface area (Å²) in [5.74, 6) is 0.0731. The van der Waals surface area contributed by atoms with E-state index in [1.54, 1.807) is 0 Å². The highest BCUT2D eigenvalue weighted by Crippen LogP contribution is 2.41. The Kier molecular flexibility index (Phi) is 18.1. The average molecular weight is 883 g/mol. The second kappa shape index (κ2) is 22.6. The van der Waals surface area contributed by atoms with Crippen molar-refractivity contribution < 1.29 is 37.7 Å². The summed E-state index contributed by atoms with van der Waals surface area (Å²) in [5.41, 5.74) is 4.35. The lowest BCUT2D eigenvalue weighted by Crippen LogP contribution is -2.53. The van der Waals surface area contributed by atoms with Gasteiger partial charge in [-0.3, -0.25) is 4.79 Å². The molecule has 7 atom stereocenters. The van der Waals surface area contributed by atoms with Crippen LogP contribution in [0.3, 0.4) is 0 Å². The number of carbonyl (C=O) groups excluding carboxylic acids is 1. The van der Waals surface area contributed by atoms with Gasteiger partial charge in [0.2, 0.25) is 0 Å². The minimum absolute atomic E-state index is 0.0201. The third-order valence-corrected chi connectivity index (χ3v) is 22.1. The number of hydrogen-bond acceptors (Lipinski definition) is 8. The molecule has 0 spiro atoms. The van der Waals surface area contributed by atoms with Crippen LogP contribution in [0, 0.1) is 0 Å². The molecule has 62 heavy (non-hydrogen) atoms. The van der Waals surface area contributed by atoms with Crippen molar-refractivity contribution in [1.82, 2.24) is 0 Å². The molecule has 2 aliphatic rings. The Hall–Kier alpha value is -3.30. The SMILES string of the molecule is CC(C)(C)[Si](C)(C)OC1CC(=O)C(OCc2ccccc2)C(OCc2ccccc2)C1.CC(C)(C)[Si](C)(C)OC1CC(O)C(OCc2ccccc2)C(OCc2ccccc2)C1. The van der Waals surface area contributed by atoms with Gasteiger partial charge in [-0.05, 0) is 58.5 Å². The van der Waals surface area contributed by atoms with E-state index in [0.717, 1.165) is 28.7 Å². The largest absolute Gasteiger partial charge is 0.414 e. The fourth-order valence-electron chi connectivity index (χ4n) is 7.35. The van der Waals surface area contributed by atoms with Crippen LogP contribution in [0.25, 0.3) is 0 Å². The molecule has 8 nitrogen and oxygen atoms in total. The van der Waals surface area contributed by atoms with Gasteiger partial charge in [0.25, 0.3) is 0 Å². The van der Waals surface area contributed by atoms with Crippen LogP contribution in [0.4, 0.5) is 0 Å². The molecule has 0 aromatic heterocycles. The molecule has 6 rings (SSSR count). The lowest BCUT2D eigenvalue weighted by Gasteiger charge is -2.44. The summed E-state index contributed by atoms with van der Waals surface area (Å²) >= 11 is 0. The Labute approximate surface area is 374 Å². The predicted octanol–water partition coefficient (Wildman–Crippen LogP) is 11.6. The van der Waals surface area contributed by atoms with Crippen LogP contribution in [0.1, 0.15) is 89.5 Å². The van der Waals surface area contributed by atoms with Crippen LogP contribution in [0.5, 0.6) is 0 Å². The van der Waals surface area contributed by atoms with E-state index < -0.39 is 28.8 Å². The Balaban J connectivity index is 0.000000234. The van der Waals surface area contributed by atoms with Gasteiger partial charge in [0, 0.05) is 25.7 Å². The van der Waals surface area contributed by atoms with Crippen molar-refractivity contribution >= 4 is 22.4 Å². The highest BCUT2D eigenvalue weighted by Gasteiger charge is 2.46. The quantitative estimate of drug-likeness (QED) is 0.111. The van der Waals surface area contributed by atoms with E-state index in [1.165, 1.54) is 0 Å². The van der Waals surface area contributed by atoms with Gasteiger partial charge in [-0.15, -0.1) is 0 Å². The molecule has 0 saturated heterocycles. The van der Waals surface area contributed by atoms with Gasteiger partial charge in [-0.2, -0.15) is 0 Å². The molecular formula is C52H74O8Si2. The van der Waals surface area contributed by atoms with E-state index in [4.69, 9.17) is 27.8 Å². The van der Waals surface area contributed by atoms with Gasteiger partial charge in [-0.1, -0.05) is 163 Å². The monoisotopic (exact) mass is 882 g/mol. The number of benzene rings is 4. The summed E-state index contributed by atoms with van der Waals surface area (Å²) in [6, 6.07) is 40.2. The summed E-state index contributed by atoms with van der Waals surface area (Å²) in [4.78, 5) is 13.1. The predicted molar refractivity (Wildman–Crippen MR) is 254 cm³/mol. The van der Waals surface area contributed by atoms with Crippen LogP contribution in [0.2, 0.25) is 36.3 Å². The molecule has 4 aromatic rings. The number of ketones is 1. The third-order valence-electron chi connectivity index (χ3n) is 13.0. The van der Waals surface area contributed by atoms with Crippen molar-refractivity contribution in [3.8, 4) is 0 Å². The lowest BCUT2D eigenvalue weighted by atomic mass is 9.89. The second-order valence-corrected chi connectivity index (χ2v) is 29.6. The second-order valence-electron chi connectivity index (χ2n) is 20.1. The molecule has 1 N–H and O–H groups in total. The molecule has 2 aliphatic carbocycles. The average Bonchev–Trinajstić information content (AvgIpc) is 3.22. The highest BCUT2D eigenvalue weighted by atomic mass is 28.4. The first-order chi connectivity index (χ1) is 29.3. The molecule has 2 saturated carbocycles. The molecule has 0 bridgehead atoms. The topological polar surface area (TPSA) is 92.7 Å². The zero-order valence-corrected chi connectivity index (χ0v) is 41.1. The molecular weight excluding hydrogens is 809 g/mol. The van der Waals surface area contributed by atoms with E-state index in [1.807, 2.05) is 109 Å². The maximum atomic E-state index is 13.1. The Morgan fingerprint density at radius 2 is 0.855 bits per heavy atom. The van der Waals surface area contributed by atoms with Crippen molar-refractivity contribution in [1.29, 1.82) is 0 Å². The summed E-state index contributed by atoms with van der Waals surface area (Å²) in [7, 11) is -3.92. The standard InChI is InChI=1S/C26H38O4Si.C26H36O4Si/c2*1-26(2,3)31(4,5)30-22-16-23(27)25(29-19-21-14-10-7-11-15-21)24(17-22)28-18-20-12-8-6-9-13-20/h6-15,22-25,27H,16-19H2,1-5H3;6-15,22,24-25H,16-19H2,1-5H3. The minimum atomic E-state index is -1.98. The summed E-state index contributed by atoms with van der Waals surface area (Å²) in [6.45, 7) is 24.2. The molecule has 10 heteroatoms. The number of Topliss-reactive ketones (excluding diaryl/α,β-unsaturated/α-hetero) is 1. The van der Waals surface area contributed by atoms with Crippen molar-refractivity contribution in [3.05, 3.63) is 144 Å². The summed E-state index contributed by atoms with van der Waals surface area (Å²) in [6.07, 6.45) is 0.134. The van der Waals surface area contributed by atoms with Gasteiger partial charge in [0.05, 0.1) is 56.9 Å². The Morgan fingerprint density at radius 3 is 1.27 bits per heavy atom. The summed E-state index contributed by atoms with van der Waals surface area (Å²) in [5, 5.41) is 11.2. The minimum Gasteiger partial charge on any atom is -0.414 e. The lowest BCUT2D eigenvalue weighted by molar-refractivity contribution is -0.169. The van der Waals surface area contributed by atoms with Crippen molar-refractivity contribution in [2.75, 3.05) is 0 Å². The fraction of sp³-hybridized carbons (Fsp3) is 0.519. The van der Waals surface area contributed by atoms with Gasteiger partial charge in [-0.25, -0.2) is 0 Å². The number of ether oxygens (including phenoxy) is 4. The first-order valence-electron chi connectivity index (χ1n) is 22.5. The van der Waals surface area contributed by atoms with E-state index in [-0.39, 0.29) is 46.4 Å². The molecule has 4 aromatic carbocycles. The van der Waals surface area contributed by atoms with E-state index >= 15 is 0 Å². The third kappa shape index (κ3) is 14.9. The van der Waals surface area contributed by atoms with Crippen molar-refractivity contribution in [3.63, 3.8) is 0 Å². The number of aliphatic hydroxyl groups excluding tert-OH is 1.